The molecule has 0 aliphatic carbocycles. The van der Waals surface area contributed by atoms with Gasteiger partial charge in [0.05, 0.1) is 32.2 Å². The molecule has 1 aliphatic rings. The summed E-state index contributed by atoms with van der Waals surface area (Å²) in [5.74, 6) is 1.39. The van der Waals surface area contributed by atoms with E-state index in [9.17, 15) is 4.79 Å². The van der Waals surface area contributed by atoms with Crippen LogP contribution in [0.5, 0.6) is 11.5 Å². The molecule has 6 nitrogen and oxygen atoms in total. The molecule has 7 heteroatoms. The maximum atomic E-state index is 12.6. The number of methoxy groups -OCH3 is 2. The van der Waals surface area contributed by atoms with Crippen LogP contribution in [0.4, 0.5) is 0 Å². The zero-order valence-corrected chi connectivity index (χ0v) is 17.2. The van der Waals surface area contributed by atoms with Crippen LogP contribution in [-0.4, -0.2) is 41.7 Å². The molecule has 0 radical (unpaired) electrons. The standard InChI is InChI=1S/C21H23N3O3S/c1-14-7-5-6-8-17(14)13-24-20(25)15(2)28-21(24)23-22-12-16-9-10-18(26-3)11-19(16)27-4/h5-12,15H,13H2,1-4H3/b22-12-,23-21-/t15-/m1/s1. The van der Waals surface area contributed by atoms with Gasteiger partial charge in [0.25, 0.3) is 0 Å². The third-order valence-electron chi connectivity index (χ3n) is 4.50. The number of thioether (sulfide) groups is 1. The summed E-state index contributed by atoms with van der Waals surface area (Å²) in [5.41, 5.74) is 3.02. The predicted molar refractivity (Wildman–Crippen MR) is 113 cm³/mol. The van der Waals surface area contributed by atoms with E-state index in [4.69, 9.17) is 9.47 Å². The molecule has 0 spiro atoms. The van der Waals surface area contributed by atoms with Gasteiger partial charge in [-0.15, -0.1) is 5.10 Å². The van der Waals surface area contributed by atoms with Crippen LogP contribution in [0.25, 0.3) is 0 Å². The second-order valence-electron chi connectivity index (χ2n) is 6.35. The van der Waals surface area contributed by atoms with Crippen molar-refractivity contribution in [2.75, 3.05) is 14.2 Å². The Kier molecular flexibility index (Phi) is 6.36. The first-order chi connectivity index (χ1) is 13.5. The topological polar surface area (TPSA) is 63.5 Å². The van der Waals surface area contributed by atoms with Gasteiger partial charge in [-0.3, -0.25) is 9.69 Å². The molecule has 0 saturated carbocycles. The molecule has 0 aromatic heterocycles. The second kappa shape index (κ2) is 8.93. The number of hydrogen-bond donors (Lipinski definition) is 0. The lowest BCUT2D eigenvalue weighted by molar-refractivity contribution is -0.126. The Labute approximate surface area is 169 Å². The van der Waals surface area contributed by atoms with Crippen LogP contribution < -0.4 is 9.47 Å². The average molecular weight is 398 g/mol. The van der Waals surface area contributed by atoms with Crippen molar-refractivity contribution < 1.29 is 14.3 Å². The largest absolute Gasteiger partial charge is 0.497 e. The summed E-state index contributed by atoms with van der Waals surface area (Å²) in [6, 6.07) is 13.5. The van der Waals surface area contributed by atoms with Gasteiger partial charge in [-0.05, 0) is 37.1 Å². The maximum absolute atomic E-state index is 12.6. The molecule has 146 valence electrons. The lowest BCUT2D eigenvalue weighted by Crippen LogP contribution is -2.31. The van der Waals surface area contributed by atoms with Crippen LogP contribution in [0.1, 0.15) is 23.6 Å². The summed E-state index contributed by atoms with van der Waals surface area (Å²) in [7, 11) is 3.20. The molecule has 2 aromatic rings. The van der Waals surface area contributed by atoms with E-state index >= 15 is 0 Å². The Bertz CT molecular complexity index is 927. The van der Waals surface area contributed by atoms with Crippen molar-refractivity contribution >= 4 is 29.1 Å². The van der Waals surface area contributed by atoms with Crippen molar-refractivity contribution in [2.24, 2.45) is 10.2 Å². The van der Waals surface area contributed by atoms with Crippen LogP contribution in [-0.2, 0) is 11.3 Å². The fourth-order valence-electron chi connectivity index (χ4n) is 2.83. The minimum atomic E-state index is -0.173. The molecule has 0 unspecified atom stereocenters. The van der Waals surface area contributed by atoms with E-state index in [0.717, 1.165) is 16.7 Å². The van der Waals surface area contributed by atoms with Crippen molar-refractivity contribution in [1.29, 1.82) is 0 Å². The van der Waals surface area contributed by atoms with E-state index in [0.29, 0.717) is 23.2 Å². The zero-order chi connectivity index (χ0) is 20.1. The van der Waals surface area contributed by atoms with Gasteiger partial charge in [-0.2, -0.15) is 5.10 Å². The van der Waals surface area contributed by atoms with Gasteiger partial charge in [0.15, 0.2) is 5.17 Å². The van der Waals surface area contributed by atoms with Crippen molar-refractivity contribution in [2.45, 2.75) is 25.6 Å². The molecular formula is C21H23N3O3S. The summed E-state index contributed by atoms with van der Waals surface area (Å²) in [5, 5.41) is 8.94. The highest BCUT2D eigenvalue weighted by Gasteiger charge is 2.35. The first-order valence-corrected chi connectivity index (χ1v) is 9.77. The molecule has 1 aliphatic heterocycles. The van der Waals surface area contributed by atoms with E-state index in [1.54, 1.807) is 31.4 Å². The monoisotopic (exact) mass is 397 g/mol. The normalized spacial score (nSPS) is 18.3. The highest BCUT2D eigenvalue weighted by atomic mass is 32.2. The molecule has 1 heterocycles. The number of amides is 1. The number of hydrogen-bond acceptors (Lipinski definition) is 6. The number of carbonyl (C=O) groups is 1. The number of rotatable bonds is 6. The molecule has 28 heavy (non-hydrogen) atoms. The van der Waals surface area contributed by atoms with Gasteiger partial charge in [-0.1, -0.05) is 36.0 Å². The molecule has 1 saturated heterocycles. The van der Waals surface area contributed by atoms with Crippen molar-refractivity contribution in [3.63, 3.8) is 0 Å². The molecule has 2 aromatic carbocycles. The molecule has 1 amide bonds. The van der Waals surface area contributed by atoms with Gasteiger partial charge in [0.2, 0.25) is 5.91 Å². The summed E-state index contributed by atoms with van der Waals surface area (Å²) >= 11 is 1.42. The molecule has 1 fully saturated rings. The summed E-state index contributed by atoms with van der Waals surface area (Å²) in [6.45, 7) is 4.41. The minimum Gasteiger partial charge on any atom is -0.497 e. The lowest BCUT2D eigenvalue weighted by Gasteiger charge is -2.16. The highest BCUT2D eigenvalue weighted by Crippen LogP contribution is 2.29. The van der Waals surface area contributed by atoms with E-state index in [-0.39, 0.29) is 11.2 Å². The SMILES string of the molecule is COc1ccc(/C=N\N=C2/S[C@H](C)C(=O)N2Cc2ccccc2C)c(OC)c1. The third kappa shape index (κ3) is 4.36. The fourth-order valence-corrected chi connectivity index (χ4v) is 3.75. The smallest absolute Gasteiger partial charge is 0.242 e. The Hall–Kier alpha value is -2.80. The lowest BCUT2D eigenvalue weighted by atomic mass is 10.1. The predicted octanol–water partition coefficient (Wildman–Crippen LogP) is 3.87. The van der Waals surface area contributed by atoms with Crippen LogP contribution >= 0.6 is 11.8 Å². The molecule has 0 N–H and O–H groups in total. The zero-order valence-electron chi connectivity index (χ0n) is 16.4. The maximum Gasteiger partial charge on any atom is 0.242 e. The van der Waals surface area contributed by atoms with E-state index in [2.05, 4.69) is 10.2 Å². The van der Waals surface area contributed by atoms with Gasteiger partial charge in [-0.25, -0.2) is 0 Å². The number of nitrogens with zero attached hydrogens (tertiary/aromatic N) is 3. The number of aryl methyl sites for hydroxylation is 1. The van der Waals surface area contributed by atoms with Crippen LogP contribution in [0.15, 0.2) is 52.7 Å². The number of amidine groups is 1. The molecule has 0 bridgehead atoms. The first-order valence-electron chi connectivity index (χ1n) is 8.89. The van der Waals surface area contributed by atoms with Crippen molar-refractivity contribution in [3.8, 4) is 11.5 Å². The van der Waals surface area contributed by atoms with E-state index in [1.165, 1.54) is 11.8 Å². The second-order valence-corrected chi connectivity index (χ2v) is 7.65. The Morgan fingerprint density at radius 1 is 1.18 bits per heavy atom. The Morgan fingerprint density at radius 2 is 1.96 bits per heavy atom. The number of ether oxygens (including phenoxy) is 2. The Balaban J connectivity index is 1.82. The summed E-state index contributed by atoms with van der Waals surface area (Å²) < 4.78 is 10.6. The number of carbonyl (C=O) groups excluding carboxylic acids is 1. The first kappa shape index (κ1) is 19.9. The average Bonchev–Trinajstić information content (AvgIpc) is 2.97. The third-order valence-corrected chi connectivity index (χ3v) is 5.57. The highest BCUT2D eigenvalue weighted by molar-refractivity contribution is 8.15. The molecule has 3 rings (SSSR count). The van der Waals surface area contributed by atoms with Gasteiger partial charge in [0, 0.05) is 11.6 Å². The van der Waals surface area contributed by atoms with Crippen LogP contribution in [0, 0.1) is 6.92 Å². The Morgan fingerprint density at radius 3 is 2.68 bits per heavy atom. The number of benzene rings is 2. The van der Waals surface area contributed by atoms with Gasteiger partial charge in [0.1, 0.15) is 11.5 Å². The molecular weight excluding hydrogens is 374 g/mol. The van der Waals surface area contributed by atoms with Crippen molar-refractivity contribution in [1.82, 2.24) is 4.90 Å². The summed E-state index contributed by atoms with van der Waals surface area (Å²) in [4.78, 5) is 14.3. The molecule has 1 atom stereocenters. The van der Waals surface area contributed by atoms with Crippen LogP contribution in [0.3, 0.4) is 0 Å². The van der Waals surface area contributed by atoms with Gasteiger partial charge < -0.3 is 9.47 Å². The van der Waals surface area contributed by atoms with Gasteiger partial charge >= 0.3 is 0 Å². The van der Waals surface area contributed by atoms with E-state index in [1.807, 2.05) is 50.2 Å². The van der Waals surface area contributed by atoms with E-state index < -0.39 is 0 Å². The fraction of sp³-hybridized carbons (Fsp3) is 0.286. The quantitative estimate of drug-likeness (QED) is 0.548. The van der Waals surface area contributed by atoms with Crippen molar-refractivity contribution in [3.05, 3.63) is 59.2 Å². The minimum absolute atomic E-state index is 0.0456. The summed E-state index contributed by atoms with van der Waals surface area (Å²) in [6.07, 6.45) is 1.62. The van der Waals surface area contributed by atoms with Crippen LogP contribution in [0.2, 0.25) is 0 Å².